The number of halogens is 2. The quantitative estimate of drug-likeness (QED) is 0.283. The smallest absolute Gasteiger partial charge is 0.328 e. The number of hydrogen-bond donors (Lipinski definition) is 2. The molecule has 9 heteroatoms. The second-order valence-electron chi connectivity index (χ2n) is 8.92. The fourth-order valence-corrected chi connectivity index (χ4v) is 4.83. The number of carbonyl (C=O) groups is 2. The summed E-state index contributed by atoms with van der Waals surface area (Å²) >= 11 is 12.6. The number of carbonyl (C=O) groups excluding carboxylic acids is 2. The molecule has 1 amide bonds. The van der Waals surface area contributed by atoms with Crippen LogP contribution in [0.3, 0.4) is 0 Å². The van der Waals surface area contributed by atoms with Crippen molar-refractivity contribution in [2.75, 3.05) is 7.11 Å². The molecule has 0 fully saturated rings. The number of rotatable bonds is 9. The van der Waals surface area contributed by atoms with Crippen molar-refractivity contribution in [2.45, 2.75) is 25.6 Å². The molecule has 0 spiro atoms. The van der Waals surface area contributed by atoms with Crippen LogP contribution in [0.4, 0.5) is 0 Å². The Morgan fingerprint density at radius 2 is 1.69 bits per heavy atom. The lowest BCUT2D eigenvalue weighted by Crippen LogP contribution is -2.43. The lowest BCUT2D eigenvalue weighted by molar-refractivity contribution is -0.142. The van der Waals surface area contributed by atoms with Gasteiger partial charge in [0.2, 0.25) is 0 Å². The molecule has 1 heterocycles. The molecule has 200 valence electrons. The first-order valence-corrected chi connectivity index (χ1v) is 13.0. The highest BCUT2D eigenvalue weighted by molar-refractivity contribution is 6.34. The Morgan fingerprint density at radius 3 is 2.36 bits per heavy atom. The van der Waals surface area contributed by atoms with Gasteiger partial charge in [0, 0.05) is 24.7 Å². The van der Waals surface area contributed by atoms with Gasteiger partial charge in [-0.1, -0.05) is 89.9 Å². The summed E-state index contributed by atoms with van der Waals surface area (Å²) < 4.78 is 6.50. The van der Waals surface area contributed by atoms with Crippen LogP contribution in [0.2, 0.25) is 10.0 Å². The normalized spacial score (nSPS) is 11.6. The van der Waals surface area contributed by atoms with Gasteiger partial charge >= 0.3 is 5.97 Å². The van der Waals surface area contributed by atoms with Crippen LogP contribution < -0.4 is 16.6 Å². The van der Waals surface area contributed by atoms with Gasteiger partial charge in [-0.05, 0) is 34.4 Å². The van der Waals surface area contributed by atoms with Crippen LogP contribution in [0.25, 0.3) is 11.1 Å². The molecule has 1 unspecified atom stereocenters. The van der Waals surface area contributed by atoms with Gasteiger partial charge in [0.25, 0.3) is 11.5 Å². The summed E-state index contributed by atoms with van der Waals surface area (Å²) in [5.41, 5.74) is 9.23. The van der Waals surface area contributed by atoms with E-state index < -0.39 is 17.9 Å². The Hall–Kier alpha value is -3.91. The minimum Gasteiger partial charge on any atom is -0.467 e. The Labute approximate surface area is 236 Å². The van der Waals surface area contributed by atoms with Crippen LogP contribution in [0.15, 0.2) is 89.9 Å². The van der Waals surface area contributed by atoms with E-state index in [4.69, 9.17) is 33.7 Å². The van der Waals surface area contributed by atoms with E-state index in [2.05, 4.69) is 5.32 Å². The summed E-state index contributed by atoms with van der Waals surface area (Å²) in [5.74, 6) is -1.13. The van der Waals surface area contributed by atoms with Gasteiger partial charge in [-0.2, -0.15) is 0 Å². The van der Waals surface area contributed by atoms with Crippen LogP contribution in [-0.4, -0.2) is 29.6 Å². The summed E-state index contributed by atoms with van der Waals surface area (Å²) in [4.78, 5) is 38.8. The van der Waals surface area contributed by atoms with E-state index in [0.29, 0.717) is 28.3 Å². The highest BCUT2D eigenvalue weighted by Crippen LogP contribution is 2.22. The number of pyridine rings is 1. The molecule has 3 aromatic carbocycles. The van der Waals surface area contributed by atoms with Crippen molar-refractivity contribution in [3.05, 3.63) is 128 Å². The summed E-state index contributed by atoms with van der Waals surface area (Å²) in [5, 5.41) is 3.40. The number of nitrogens with one attached hydrogen (secondary N) is 1. The zero-order valence-corrected chi connectivity index (χ0v) is 22.7. The number of nitrogens with two attached hydrogens (primary N) is 1. The Morgan fingerprint density at radius 1 is 0.974 bits per heavy atom. The molecular formula is C30H27Cl2N3O4. The third-order valence-corrected chi connectivity index (χ3v) is 6.81. The number of nitrogens with zero attached hydrogens (tertiary/aromatic N) is 1. The van der Waals surface area contributed by atoms with Crippen molar-refractivity contribution in [1.82, 2.24) is 9.88 Å². The maximum atomic E-state index is 13.2. The first-order chi connectivity index (χ1) is 18.8. The fraction of sp³-hybridized carbons (Fsp3) is 0.167. The average Bonchev–Trinajstić information content (AvgIpc) is 2.94. The molecule has 39 heavy (non-hydrogen) atoms. The van der Waals surface area contributed by atoms with Crippen molar-refractivity contribution in [3.8, 4) is 11.1 Å². The molecule has 0 saturated carbocycles. The molecular weight excluding hydrogens is 537 g/mol. The molecule has 3 N–H and O–H groups in total. The van der Waals surface area contributed by atoms with E-state index in [9.17, 15) is 14.4 Å². The number of aromatic nitrogens is 1. The van der Waals surface area contributed by atoms with Crippen LogP contribution in [0.1, 0.15) is 27.0 Å². The third-order valence-electron chi connectivity index (χ3n) is 6.29. The molecule has 0 aliphatic heterocycles. The van der Waals surface area contributed by atoms with Crippen LogP contribution in [0, 0.1) is 0 Å². The summed E-state index contributed by atoms with van der Waals surface area (Å²) in [7, 11) is 1.25. The number of esters is 1. The van der Waals surface area contributed by atoms with Crippen LogP contribution >= 0.6 is 23.2 Å². The molecule has 0 bridgehead atoms. The second kappa shape index (κ2) is 12.8. The summed E-state index contributed by atoms with van der Waals surface area (Å²) in [6, 6.07) is 22.5. The lowest BCUT2D eigenvalue weighted by atomic mass is 10.0. The monoisotopic (exact) mass is 563 g/mol. The zero-order valence-electron chi connectivity index (χ0n) is 21.2. The van der Waals surface area contributed by atoms with Gasteiger partial charge < -0.3 is 20.4 Å². The van der Waals surface area contributed by atoms with Crippen molar-refractivity contribution in [1.29, 1.82) is 0 Å². The fourth-order valence-electron chi connectivity index (χ4n) is 4.32. The first kappa shape index (κ1) is 28.1. The Bertz CT molecular complexity index is 1540. The summed E-state index contributed by atoms with van der Waals surface area (Å²) in [6.45, 7) is 0.507. The highest BCUT2D eigenvalue weighted by atomic mass is 35.5. The van der Waals surface area contributed by atoms with E-state index in [1.165, 1.54) is 7.11 Å². The minimum absolute atomic E-state index is 0.115. The lowest BCUT2D eigenvalue weighted by Gasteiger charge is -2.18. The van der Waals surface area contributed by atoms with Crippen molar-refractivity contribution in [2.24, 2.45) is 5.73 Å². The number of benzene rings is 3. The van der Waals surface area contributed by atoms with E-state index in [1.54, 1.807) is 59.3 Å². The van der Waals surface area contributed by atoms with Crippen molar-refractivity contribution in [3.63, 3.8) is 0 Å². The van der Waals surface area contributed by atoms with Gasteiger partial charge in [-0.25, -0.2) is 4.79 Å². The van der Waals surface area contributed by atoms with Crippen molar-refractivity contribution >= 4 is 35.1 Å². The summed E-state index contributed by atoms with van der Waals surface area (Å²) in [6.07, 6.45) is 1.78. The minimum atomic E-state index is -0.968. The Kier molecular flexibility index (Phi) is 9.19. The molecule has 1 aromatic heterocycles. The molecule has 0 saturated heterocycles. The van der Waals surface area contributed by atoms with E-state index in [1.807, 2.05) is 30.3 Å². The van der Waals surface area contributed by atoms with Crippen LogP contribution in [0.5, 0.6) is 0 Å². The number of methoxy groups -OCH3 is 1. The van der Waals surface area contributed by atoms with Gasteiger partial charge in [-0.15, -0.1) is 0 Å². The zero-order chi connectivity index (χ0) is 27.9. The standard InChI is InChI=1S/C30H27Cl2N3O4/c1-39-30(38)26(34-28(36)27-22(16-33)8-5-9-25(27)32)14-19-10-12-21(13-11-19)24-15-23(31)18-35(29(24)37)17-20-6-3-2-4-7-20/h2-13,15,18,26H,14,16-17,33H2,1H3,(H,34,36). The Balaban J connectivity index is 1.56. The van der Waals surface area contributed by atoms with Gasteiger partial charge in [-0.3, -0.25) is 9.59 Å². The predicted octanol–water partition coefficient (Wildman–Crippen LogP) is 4.84. The van der Waals surface area contributed by atoms with Gasteiger partial charge in [0.05, 0.1) is 29.3 Å². The molecule has 4 aromatic rings. The molecule has 0 radical (unpaired) electrons. The van der Waals surface area contributed by atoms with E-state index >= 15 is 0 Å². The second-order valence-corrected chi connectivity index (χ2v) is 9.76. The number of amides is 1. The molecule has 0 aliphatic rings. The highest BCUT2D eigenvalue weighted by Gasteiger charge is 2.25. The first-order valence-electron chi connectivity index (χ1n) is 12.2. The third kappa shape index (κ3) is 6.75. The number of ether oxygens (including phenoxy) is 1. The molecule has 7 nitrogen and oxygen atoms in total. The van der Waals surface area contributed by atoms with Crippen LogP contribution in [-0.2, 0) is 29.0 Å². The molecule has 0 aliphatic carbocycles. The SMILES string of the molecule is COC(=O)C(Cc1ccc(-c2cc(Cl)cn(Cc3ccccc3)c2=O)cc1)NC(=O)c1c(Cl)cccc1CN. The van der Waals surface area contributed by atoms with Gasteiger partial charge in [0.15, 0.2) is 0 Å². The van der Waals surface area contributed by atoms with Gasteiger partial charge in [0.1, 0.15) is 6.04 Å². The average molecular weight is 564 g/mol. The topological polar surface area (TPSA) is 103 Å². The molecule has 4 rings (SSSR count). The largest absolute Gasteiger partial charge is 0.467 e. The van der Waals surface area contributed by atoms with Crippen molar-refractivity contribution < 1.29 is 14.3 Å². The maximum Gasteiger partial charge on any atom is 0.328 e. The molecule has 1 atom stereocenters. The number of hydrogen-bond acceptors (Lipinski definition) is 5. The predicted molar refractivity (Wildman–Crippen MR) is 153 cm³/mol. The van der Waals surface area contributed by atoms with E-state index in [0.717, 1.165) is 11.1 Å². The maximum absolute atomic E-state index is 13.2. The van der Waals surface area contributed by atoms with E-state index in [-0.39, 0.29) is 29.1 Å².